The van der Waals surface area contributed by atoms with Crippen molar-refractivity contribution in [3.8, 4) is 0 Å². The number of benzene rings is 1. The summed E-state index contributed by atoms with van der Waals surface area (Å²) in [4.78, 5) is -6.40. The van der Waals surface area contributed by atoms with Crippen LogP contribution in [-0.4, -0.2) is 57.2 Å². The molecule has 0 saturated heterocycles. The molecule has 0 bridgehead atoms. The van der Waals surface area contributed by atoms with Crippen molar-refractivity contribution in [3.05, 3.63) is 51.0 Å². The van der Waals surface area contributed by atoms with Gasteiger partial charge in [-0.15, -0.1) is 0 Å². The van der Waals surface area contributed by atoms with E-state index in [1.54, 1.807) is 0 Å². The molecule has 1 aliphatic rings. The Morgan fingerprint density at radius 2 is 1.50 bits per heavy atom. The van der Waals surface area contributed by atoms with Crippen molar-refractivity contribution in [1.82, 2.24) is 5.12 Å². The maximum atomic E-state index is 11.4. The predicted molar refractivity (Wildman–Crippen MR) is 59.2 cm³/mol. The highest BCUT2D eigenvalue weighted by molar-refractivity contribution is 5.95. The lowest BCUT2D eigenvalue weighted by Gasteiger charge is -2.43. The molecule has 14 heteroatoms. The molecule has 0 aliphatic carbocycles. The minimum Gasteiger partial charge on any atom is -0.562 e. The van der Waals surface area contributed by atoms with Crippen molar-refractivity contribution >= 4 is 5.84 Å². The van der Waals surface area contributed by atoms with Crippen LogP contribution in [0.2, 0.25) is 0 Å². The SMILES string of the molecule is [O-][N+](O)(O)C1=NN([N+]([O-])(O)O)C([N+]([O-])(O)O)c2ccccc21. The van der Waals surface area contributed by atoms with Gasteiger partial charge in [0.15, 0.2) is 0 Å². The molecule has 1 unspecified atom stereocenters. The van der Waals surface area contributed by atoms with Crippen LogP contribution in [-0.2, 0) is 0 Å². The van der Waals surface area contributed by atoms with Crippen molar-refractivity contribution in [3.63, 3.8) is 0 Å². The lowest BCUT2D eigenvalue weighted by molar-refractivity contribution is -1.33. The number of hydrogen-bond acceptors (Lipinski definition) is 11. The second kappa shape index (κ2) is 4.86. The van der Waals surface area contributed by atoms with Crippen molar-refractivity contribution in [2.24, 2.45) is 5.10 Å². The van der Waals surface area contributed by atoms with Crippen molar-refractivity contribution < 1.29 is 46.3 Å². The zero-order chi connectivity index (χ0) is 16.9. The highest BCUT2D eigenvalue weighted by Gasteiger charge is 2.52. The highest BCUT2D eigenvalue weighted by atomic mass is 17.1. The fourth-order valence-electron chi connectivity index (χ4n) is 1.99. The second-order valence-electron chi connectivity index (χ2n) is 4.35. The molecular weight excluding hydrogens is 310 g/mol. The summed E-state index contributed by atoms with van der Waals surface area (Å²) in [5, 5.41) is 87.2. The van der Waals surface area contributed by atoms with E-state index >= 15 is 0 Å². The molecule has 0 radical (unpaired) electrons. The third kappa shape index (κ3) is 2.89. The lowest BCUT2D eigenvalue weighted by atomic mass is 10.0. The van der Waals surface area contributed by atoms with Crippen molar-refractivity contribution in [2.75, 3.05) is 0 Å². The number of hydrogen-bond donors (Lipinski definition) is 6. The van der Waals surface area contributed by atoms with Crippen LogP contribution in [0.25, 0.3) is 0 Å². The maximum absolute atomic E-state index is 11.4. The summed E-state index contributed by atoms with van der Waals surface area (Å²) in [6, 6.07) is 4.58. The van der Waals surface area contributed by atoms with Crippen LogP contribution in [0, 0.1) is 15.6 Å². The van der Waals surface area contributed by atoms with E-state index in [9.17, 15) is 15.6 Å². The predicted octanol–water partition coefficient (Wildman–Crippen LogP) is -0.144. The van der Waals surface area contributed by atoms with Crippen LogP contribution in [0.3, 0.4) is 0 Å². The van der Waals surface area contributed by atoms with Crippen molar-refractivity contribution in [1.29, 1.82) is 0 Å². The van der Waals surface area contributed by atoms with Crippen LogP contribution in [0.1, 0.15) is 17.3 Å². The molecule has 1 heterocycles. The summed E-state index contributed by atoms with van der Waals surface area (Å²) >= 11 is 0. The molecule has 0 fully saturated rings. The molecule has 14 nitrogen and oxygen atoms in total. The first-order valence-corrected chi connectivity index (χ1v) is 5.48. The highest BCUT2D eigenvalue weighted by Crippen LogP contribution is 2.37. The number of hydrazone groups is 1. The average molecular weight is 321 g/mol. The first-order chi connectivity index (χ1) is 9.83. The van der Waals surface area contributed by atoms with Gasteiger partial charge in [0.2, 0.25) is 0 Å². The molecule has 2 rings (SSSR count). The van der Waals surface area contributed by atoms with Gasteiger partial charge < -0.3 is 15.6 Å². The molecule has 1 atom stereocenters. The van der Waals surface area contributed by atoms with E-state index < -0.39 is 43.3 Å². The largest absolute Gasteiger partial charge is 0.562 e. The molecule has 0 aromatic heterocycles. The van der Waals surface area contributed by atoms with E-state index in [1.807, 2.05) is 0 Å². The van der Waals surface area contributed by atoms with Gasteiger partial charge in [-0.1, -0.05) is 17.2 Å². The summed E-state index contributed by atoms with van der Waals surface area (Å²) < 4.78 is 0. The van der Waals surface area contributed by atoms with Gasteiger partial charge in [0, 0.05) is 5.12 Å². The van der Waals surface area contributed by atoms with Crippen LogP contribution < -0.4 is 0 Å². The quantitative estimate of drug-likeness (QED) is 0.313. The summed E-state index contributed by atoms with van der Waals surface area (Å²) in [6.45, 7) is 0. The Morgan fingerprint density at radius 3 is 1.95 bits per heavy atom. The maximum Gasteiger partial charge on any atom is 0.324 e. The Labute approximate surface area is 120 Å². The van der Waals surface area contributed by atoms with Crippen LogP contribution in [0.4, 0.5) is 0 Å². The third-order valence-electron chi connectivity index (χ3n) is 2.76. The first kappa shape index (κ1) is 16.6. The van der Waals surface area contributed by atoms with Gasteiger partial charge in [0.25, 0.3) is 0 Å². The van der Waals surface area contributed by atoms with Crippen molar-refractivity contribution in [2.45, 2.75) is 6.17 Å². The zero-order valence-electron chi connectivity index (χ0n) is 10.5. The standard InChI is InChI=1S/C8H11N5O9/c14-11(15,16)7-5-3-1-2-4-6(5)8(12(17,18)19)10(9-7)13(20,21)22/h1-4,8,14-15,17-18,20-21H. The summed E-state index contributed by atoms with van der Waals surface area (Å²) in [5.41, 5.74) is -0.936. The number of hydroxylamine groups is 6. The minimum atomic E-state index is -3.47. The molecule has 1 aliphatic heterocycles. The fraction of sp³-hybridized carbons (Fsp3) is 0.125. The molecule has 22 heavy (non-hydrogen) atoms. The van der Waals surface area contributed by atoms with E-state index in [0.717, 1.165) is 12.1 Å². The molecule has 0 amide bonds. The number of nitrogens with zero attached hydrogens (tertiary/aromatic N) is 5. The Morgan fingerprint density at radius 1 is 0.955 bits per heavy atom. The first-order valence-electron chi connectivity index (χ1n) is 5.48. The second-order valence-corrected chi connectivity index (χ2v) is 4.35. The molecule has 0 saturated carbocycles. The van der Waals surface area contributed by atoms with E-state index in [-0.39, 0.29) is 0 Å². The Balaban J connectivity index is 2.75. The molecular formula is C8H11N5O9. The van der Waals surface area contributed by atoms with Gasteiger partial charge >= 0.3 is 12.0 Å². The minimum absolute atomic E-state index is 0.432. The van der Waals surface area contributed by atoms with E-state index in [0.29, 0.717) is 0 Å². The van der Waals surface area contributed by atoms with Gasteiger partial charge in [-0.05, 0) is 22.1 Å². The molecule has 6 N–H and O–H groups in total. The van der Waals surface area contributed by atoms with Crippen LogP contribution in [0.5, 0.6) is 0 Å². The normalized spacial score (nSPS) is 19.8. The molecule has 1 aromatic rings. The van der Waals surface area contributed by atoms with Crippen LogP contribution in [0.15, 0.2) is 29.4 Å². The average Bonchev–Trinajstić information content (AvgIpc) is 2.33. The lowest BCUT2D eigenvalue weighted by Crippen LogP contribution is -2.61. The Bertz CT molecular complexity index is 601. The van der Waals surface area contributed by atoms with Gasteiger partial charge in [-0.2, -0.15) is 31.2 Å². The summed E-state index contributed by atoms with van der Waals surface area (Å²) in [7, 11) is 0. The number of rotatable bonds is 2. The number of fused-ring (bicyclic) bond motifs is 1. The summed E-state index contributed by atoms with van der Waals surface area (Å²) in [5.74, 6) is -1.22. The number of quaternary nitrogens is 3. The van der Waals surface area contributed by atoms with Crippen LogP contribution >= 0.6 is 0 Å². The topological polar surface area (TPSA) is 206 Å². The monoisotopic (exact) mass is 321 g/mol. The number of amidine groups is 1. The summed E-state index contributed by atoms with van der Waals surface area (Å²) in [6.07, 6.45) is -2.43. The smallest absolute Gasteiger partial charge is 0.324 e. The molecule has 0 spiro atoms. The third-order valence-corrected chi connectivity index (χ3v) is 2.76. The fourth-order valence-corrected chi connectivity index (χ4v) is 1.99. The van der Waals surface area contributed by atoms with Gasteiger partial charge in [0.05, 0.1) is 16.2 Å². The van der Waals surface area contributed by atoms with E-state index in [4.69, 9.17) is 31.2 Å². The molecule has 1 aromatic carbocycles. The van der Waals surface area contributed by atoms with Gasteiger partial charge in [0.1, 0.15) is 0 Å². The zero-order valence-corrected chi connectivity index (χ0v) is 10.5. The van der Waals surface area contributed by atoms with Gasteiger partial charge in [-0.3, -0.25) is 0 Å². The van der Waals surface area contributed by atoms with E-state index in [1.165, 1.54) is 12.1 Å². The Kier molecular flexibility index (Phi) is 3.66. The Hall–Kier alpha value is -1.79. The molecule has 122 valence electrons. The van der Waals surface area contributed by atoms with Gasteiger partial charge in [-0.25, -0.2) is 0 Å². The van der Waals surface area contributed by atoms with E-state index in [2.05, 4.69) is 5.10 Å².